The fraction of sp³-hybridized carbons (Fsp3) is 0.294. The summed E-state index contributed by atoms with van der Waals surface area (Å²) in [5.74, 6) is 0. The molecule has 20 heavy (non-hydrogen) atoms. The molecule has 0 aliphatic heterocycles. The van der Waals surface area contributed by atoms with Crippen LogP contribution in [0.25, 0.3) is 0 Å². The summed E-state index contributed by atoms with van der Waals surface area (Å²) in [6, 6.07) is 14.2. The maximum absolute atomic E-state index is 6.36. The summed E-state index contributed by atoms with van der Waals surface area (Å²) < 4.78 is 0. The molecule has 3 heteroatoms. The topological polar surface area (TPSA) is 12.0 Å². The molecule has 0 amide bonds. The van der Waals surface area contributed by atoms with Crippen LogP contribution < -0.4 is 5.32 Å². The molecule has 0 aromatic heterocycles. The first kappa shape index (κ1) is 15.4. The highest BCUT2D eigenvalue weighted by Gasteiger charge is 2.19. The average Bonchev–Trinajstić information content (AvgIpc) is 2.43. The third-order valence-electron chi connectivity index (χ3n) is 3.30. The van der Waals surface area contributed by atoms with Gasteiger partial charge in [0.15, 0.2) is 0 Å². The Morgan fingerprint density at radius 3 is 2.15 bits per heavy atom. The Balaban J connectivity index is 2.44. The first-order valence-corrected chi connectivity index (χ1v) is 7.63. The van der Waals surface area contributed by atoms with Gasteiger partial charge in [0, 0.05) is 15.6 Å². The van der Waals surface area contributed by atoms with Crippen LogP contribution in [0.15, 0.2) is 42.5 Å². The SMILES string of the molecule is CCCNC(c1ccc(C)cc1)c1c(Cl)cccc1Cl. The van der Waals surface area contributed by atoms with Crippen molar-refractivity contribution in [2.45, 2.75) is 26.3 Å². The monoisotopic (exact) mass is 307 g/mol. The summed E-state index contributed by atoms with van der Waals surface area (Å²) >= 11 is 12.7. The van der Waals surface area contributed by atoms with Crippen molar-refractivity contribution >= 4 is 23.2 Å². The van der Waals surface area contributed by atoms with Crippen LogP contribution in [-0.4, -0.2) is 6.54 Å². The molecule has 2 aromatic carbocycles. The summed E-state index contributed by atoms with van der Waals surface area (Å²) in [5, 5.41) is 4.94. The van der Waals surface area contributed by atoms with Gasteiger partial charge in [0.1, 0.15) is 0 Å². The number of nitrogens with one attached hydrogen (secondary N) is 1. The van der Waals surface area contributed by atoms with Gasteiger partial charge in [-0.3, -0.25) is 0 Å². The highest BCUT2D eigenvalue weighted by molar-refractivity contribution is 6.36. The molecule has 0 saturated carbocycles. The quantitative estimate of drug-likeness (QED) is 0.780. The molecule has 1 atom stereocenters. The second-order valence-electron chi connectivity index (χ2n) is 4.93. The van der Waals surface area contributed by atoms with E-state index < -0.39 is 0 Å². The van der Waals surface area contributed by atoms with Gasteiger partial charge >= 0.3 is 0 Å². The van der Waals surface area contributed by atoms with E-state index in [1.165, 1.54) is 11.1 Å². The zero-order chi connectivity index (χ0) is 14.5. The molecule has 0 radical (unpaired) electrons. The molecule has 1 N–H and O–H groups in total. The molecular weight excluding hydrogens is 289 g/mol. The second kappa shape index (κ2) is 7.12. The molecule has 106 valence electrons. The molecule has 2 rings (SSSR count). The Kier molecular flexibility index (Phi) is 5.47. The zero-order valence-electron chi connectivity index (χ0n) is 11.8. The Bertz CT molecular complexity index is 543. The van der Waals surface area contributed by atoms with E-state index in [4.69, 9.17) is 23.2 Å². The minimum Gasteiger partial charge on any atom is -0.306 e. The van der Waals surface area contributed by atoms with Gasteiger partial charge in [0.05, 0.1) is 6.04 Å². The van der Waals surface area contributed by atoms with Gasteiger partial charge in [-0.1, -0.05) is 66.0 Å². The van der Waals surface area contributed by atoms with Crippen molar-refractivity contribution < 1.29 is 0 Å². The summed E-state index contributed by atoms with van der Waals surface area (Å²) in [6.07, 6.45) is 1.06. The van der Waals surface area contributed by atoms with Crippen molar-refractivity contribution in [3.05, 3.63) is 69.2 Å². The van der Waals surface area contributed by atoms with E-state index in [1.807, 2.05) is 18.2 Å². The van der Waals surface area contributed by atoms with Crippen LogP contribution in [0.5, 0.6) is 0 Å². The number of benzene rings is 2. The van der Waals surface area contributed by atoms with E-state index >= 15 is 0 Å². The average molecular weight is 308 g/mol. The smallest absolute Gasteiger partial charge is 0.0606 e. The standard InChI is InChI=1S/C17H19Cl2N/c1-3-11-20-17(13-9-7-12(2)8-10-13)16-14(18)5-4-6-15(16)19/h4-10,17,20H,3,11H2,1-2H3. The van der Waals surface area contributed by atoms with Crippen molar-refractivity contribution in [1.82, 2.24) is 5.32 Å². The fourth-order valence-electron chi connectivity index (χ4n) is 2.22. The highest BCUT2D eigenvalue weighted by Crippen LogP contribution is 2.34. The molecule has 0 heterocycles. The molecule has 0 saturated heterocycles. The maximum Gasteiger partial charge on any atom is 0.0606 e. The lowest BCUT2D eigenvalue weighted by Gasteiger charge is -2.22. The maximum atomic E-state index is 6.36. The van der Waals surface area contributed by atoms with Gasteiger partial charge in [-0.25, -0.2) is 0 Å². The second-order valence-corrected chi connectivity index (χ2v) is 5.75. The first-order chi connectivity index (χ1) is 9.63. The van der Waals surface area contributed by atoms with E-state index in [-0.39, 0.29) is 6.04 Å². The minimum atomic E-state index is 0.0248. The van der Waals surface area contributed by atoms with Crippen molar-refractivity contribution in [3.63, 3.8) is 0 Å². The van der Waals surface area contributed by atoms with E-state index in [9.17, 15) is 0 Å². The lowest BCUT2D eigenvalue weighted by molar-refractivity contribution is 0.599. The van der Waals surface area contributed by atoms with Crippen molar-refractivity contribution in [2.24, 2.45) is 0 Å². The first-order valence-electron chi connectivity index (χ1n) is 6.87. The van der Waals surface area contributed by atoms with Gasteiger partial charge < -0.3 is 5.32 Å². The Morgan fingerprint density at radius 2 is 1.60 bits per heavy atom. The van der Waals surface area contributed by atoms with Crippen LogP contribution in [0.3, 0.4) is 0 Å². The Labute approximate surface area is 130 Å². The summed E-state index contributed by atoms with van der Waals surface area (Å²) in [7, 11) is 0. The van der Waals surface area contributed by atoms with Gasteiger partial charge in [0.2, 0.25) is 0 Å². The lowest BCUT2D eigenvalue weighted by atomic mass is 9.97. The third kappa shape index (κ3) is 3.54. The molecule has 1 nitrogen and oxygen atoms in total. The van der Waals surface area contributed by atoms with E-state index in [2.05, 4.69) is 43.4 Å². The molecule has 1 unspecified atom stereocenters. The largest absolute Gasteiger partial charge is 0.306 e. The summed E-state index contributed by atoms with van der Waals surface area (Å²) in [5.41, 5.74) is 3.38. The van der Waals surface area contributed by atoms with Crippen LogP contribution in [0.1, 0.15) is 36.1 Å². The van der Waals surface area contributed by atoms with Crippen LogP contribution in [0.2, 0.25) is 10.0 Å². The fourth-order valence-corrected chi connectivity index (χ4v) is 2.84. The normalized spacial score (nSPS) is 12.4. The van der Waals surface area contributed by atoms with Crippen LogP contribution in [0, 0.1) is 6.92 Å². The molecule has 0 fully saturated rings. The van der Waals surface area contributed by atoms with Crippen LogP contribution >= 0.6 is 23.2 Å². The van der Waals surface area contributed by atoms with Crippen molar-refractivity contribution in [2.75, 3.05) is 6.54 Å². The van der Waals surface area contributed by atoms with Crippen LogP contribution in [0.4, 0.5) is 0 Å². The molecule has 0 aliphatic carbocycles. The Morgan fingerprint density at radius 1 is 1.00 bits per heavy atom. The number of aryl methyl sites for hydroxylation is 1. The number of halogens is 2. The zero-order valence-corrected chi connectivity index (χ0v) is 13.3. The number of hydrogen-bond donors (Lipinski definition) is 1. The van der Waals surface area contributed by atoms with Crippen molar-refractivity contribution in [3.8, 4) is 0 Å². The summed E-state index contributed by atoms with van der Waals surface area (Å²) in [4.78, 5) is 0. The van der Waals surface area contributed by atoms with Crippen molar-refractivity contribution in [1.29, 1.82) is 0 Å². The molecule has 0 bridgehead atoms. The van der Waals surface area contributed by atoms with E-state index in [1.54, 1.807) is 0 Å². The van der Waals surface area contributed by atoms with E-state index in [0.29, 0.717) is 10.0 Å². The number of rotatable bonds is 5. The van der Waals surface area contributed by atoms with Gasteiger partial charge in [-0.05, 0) is 37.6 Å². The lowest BCUT2D eigenvalue weighted by Crippen LogP contribution is -2.23. The molecule has 2 aromatic rings. The number of hydrogen-bond acceptors (Lipinski definition) is 1. The van der Waals surface area contributed by atoms with Gasteiger partial charge in [-0.15, -0.1) is 0 Å². The molecule has 0 aliphatic rings. The van der Waals surface area contributed by atoms with Gasteiger partial charge in [-0.2, -0.15) is 0 Å². The Hall–Kier alpha value is -1.02. The third-order valence-corrected chi connectivity index (χ3v) is 3.96. The van der Waals surface area contributed by atoms with E-state index in [0.717, 1.165) is 18.5 Å². The minimum absolute atomic E-state index is 0.0248. The molecular formula is C17H19Cl2N. The summed E-state index contributed by atoms with van der Waals surface area (Å²) in [6.45, 7) is 5.15. The highest BCUT2D eigenvalue weighted by atomic mass is 35.5. The van der Waals surface area contributed by atoms with Gasteiger partial charge in [0.25, 0.3) is 0 Å². The predicted octanol–water partition coefficient (Wildman–Crippen LogP) is 5.39. The molecule has 0 spiro atoms. The van der Waals surface area contributed by atoms with Crippen LogP contribution in [-0.2, 0) is 0 Å². The predicted molar refractivity (Wildman–Crippen MR) is 87.8 cm³/mol.